The summed E-state index contributed by atoms with van der Waals surface area (Å²) in [5, 5.41) is 0.534. The third kappa shape index (κ3) is 3.47. The van der Waals surface area contributed by atoms with Gasteiger partial charge in [0.25, 0.3) is 0 Å². The first-order valence-electron chi connectivity index (χ1n) is 7.92. The van der Waals surface area contributed by atoms with Crippen molar-refractivity contribution >= 4 is 17.5 Å². The summed E-state index contributed by atoms with van der Waals surface area (Å²) in [5.74, 6) is 0.300. The van der Waals surface area contributed by atoms with E-state index in [2.05, 4.69) is 0 Å². The molecular weight excluding hydrogens is 318 g/mol. The Hall–Kier alpha value is -1.30. The average Bonchev–Trinajstić information content (AvgIpc) is 2.99. The molecule has 5 nitrogen and oxygen atoms in total. The predicted octanol–water partition coefficient (Wildman–Crippen LogP) is 2.57. The maximum atomic E-state index is 12.6. The van der Waals surface area contributed by atoms with Gasteiger partial charge in [-0.05, 0) is 30.2 Å². The number of carbonyl (C=O) groups excluding carboxylic acids is 1. The van der Waals surface area contributed by atoms with E-state index in [1.807, 2.05) is 24.0 Å². The molecule has 2 heterocycles. The van der Waals surface area contributed by atoms with Gasteiger partial charge in [0.2, 0.25) is 5.91 Å². The lowest BCUT2D eigenvalue weighted by atomic mass is 10.0. The lowest BCUT2D eigenvalue weighted by molar-refractivity contribution is -0.187. The number of aryl methyl sites for hydroxylation is 1. The molecule has 126 valence electrons. The van der Waals surface area contributed by atoms with E-state index < -0.39 is 5.79 Å². The monoisotopic (exact) mass is 339 g/mol. The summed E-state index contributed by atoms with van der Waals surface area (Å²) in [4.78, 5) is 14.4. The van der Waals surface area contributed by atoms with Crippen molar-refractivity contribution in [2.75, 3.05) is 33.4 Å². The van der Waals surface area contributed by atoms with Gasteiger partial charge in [0.05, 0.1) is 31.8 Å². The fourth-order valence-corrected chi connectivity index (χ4v) is 3.46. The Morgan fingerprint density at radius 2 is 1.96 bits per heavy atom. The van der Waals surface area contributed by atoms with Crippen LogP contribution in [0.25, 0.3) is 0 Å². The van der Waals surface area contributed by atoms with Crippen molar-refractivity contribution in [2.24, 2.45) is 0 Å². The van der Waals surface area contributed by atoms with E-state index in [4.69, 9.17) is 25.8 Å². The highest BCUT2D eigenvalue weighted by Gasteiger charge is 2.40. The first-order valence-corrected chi connectivity index (χ1v) is 8.29. The molecule has 1 aromatic rings. The highest BCUT2D eigenvalue weighted by atomic mass is 35.5. The van der Waals surface area contributed by atoms with E-state index >= 15 is 0 Å². The van der Waals surface area contributed by atoms with Gasteiger partial charge < -0.3 is 19.1 Å². The number of likely N-dealkylation sites (tertiary alicyclic amines) is 1. The second-order valence-electron chi connectivity index (χ2n) is 6.08. The van der Waals surface area contributed by atoms with E-state index in [-0.39, 0.29) is 5.91 Å². The number of halogens is 1. The molecule has 0 aliphatic carbocycles. The topological polar surface area (TPSA) is 48.0 Å². The fraction of sp³-hybridized carbons (Fsp3) is 0.588. The first-order chi connectivity index (χ1) is 11.0. The van der Waals surface area contributed by atoms with E-state index in [1.54, 1.807) is 7.11 Å². The number of ether oxygens (including phenoxy) is 3. The number of hydrogen-bond acceptors (Lipinski definition) is 4. The van der Waals surface area contributed by atoms with Gasteiger partial charge in [-0.25, -0.2) is 0 Å². The molecule has 6 heteroatoms. The Kier molecular flexibility index (Phi) is 4.80. The molecule has 0 N–H and O–H groups in total. The zero-order valence-electron chi connectivity index (χ0n) is 13.6. The van der Waals surface area contributed by atoms with Crippen LogP contribution in [0.2, 0.25) is 5.02 Å². The molecule has 1 spiro atoms. The Morgan fingerprint density at radius 3 is 2.57 bits per heavy atom. The van der Waals surface area contributed by atoms with Crippen molar-refractivity contribution in [3.05, 3.63) is 28.3 Å². The molecule has 0 aromatic heterocycles. The molecule has 2 fully saturated rings. The van der Waals surface area contributed by atoms with E-state index in [0.29, 0.717) is 43.5 Å². The second-order valence-corrected chi connectivity index (χ2v) is 6.49. The molecular formula is C17H22ClNO4. The van der Waals surface area contributed by atoms with Crippen LogP contribution in [-0.2, 0) is 20.7 Å². The predicted molar refractivity (Wildman–Crippen MR) is 86.9 cm³/mol. The quantitative estimate of drug-likeness (QED) is 0.849. The number of carbonyl (C=O) groups is 1. The minimum absolute atomic E-state index is 0.113. The van der Waals surface area contributed by atoms with Crippen molar-refractivity contribution in [1.29, 1.82) is 0 Å². The van der Waals surface area contributed by atoms with Gasteiger partial charge in [-0.2, -0.15) is 0 Å². The Labute approximate surface area is 141 Å². The number of nitrogens with zero attached hydrogens (tertiary/aromatic N) is 1. The van der Waals surface area contributed by atoms with Gasteiger partial charge in [0, 0.05) is 25.9 Å². The molecule has 23 heavy (non-hydrogen) atoms. The first kappa shape index (κ1) is 16.6. The summed E-state index contributed by atoms with van der Waals surface area (Å²) in [6.45, 7) is 4.60. The van der Waals surface area contributed by atoms with Crippen molar-refractivity contribution in [3.63, 3.8) is 0 Å². The molecule has 1 aromatic carbocycles. The molecule has 0 saturated carbocycles. The zero-order valence-corrected chi connectivity index (χ0v) is 14.3. The van der Waals surface area contributed by atoms with Crippen molar-refractivity contribution in [3.8, 4) is 5.75 Å². The smallest absolute Gasteiger partial charge is 0.227 e. The number of hydrogen-bond donors (Lipinski definition) is 0. The second kappa shape index (κ2) is 6.67. The molecule has 0 bridgehead atoms. The molecule has 3 rings (SSSR count). The zero-order chi connectivity index (χ0) is 16.4. The van der Waals surface area contributed by atoms with Gasteiger partial charge >= 0.3 is 0 Å². The average molecular weight is 340 g/mol. The number of amides is 1. The summed E-state index contributed by atoms with van der Waals surface area (Å²) < 4.78 is 16.6. The molecule has 0 unspecified atom stereocenters. The lowest BCUT2D eigenvalue weighted by Crippen LogP contribution is -2.47. The standard InChI is InChI=1S/C17H22ClNO4/c1-12-9-15(21-2)14(18)10-13(12)11-16(20)19-5-3-17(4-6-19)22-7-8-23-17/h9-10H,3-8,11H2,1-2H3. The molecule has 2 aliphatic rings. The maximum absolute atomic E-state index is 12.6. The molecule has 0 radical (unpaired) electrons. The minimum Gasteiger partial charge on any atom is -0.495 e. The molecule has 2 saturated heterocycles. The van der Waals surface area contributed by atoms with Gasteiger partial charge in [-0.15, -0.1) is 0 Å². The third-order valence-electron chi connectivity index (χ3n) is 4.64. The van der Waals surface area contributed by atoms with E-state index in [1.165, 1.54) is 0 Å². The van der Waals surface area contributed by atoms with Crippen LogP contribution in [0.3, 0.4) is 0 Å². The summed E-state index contributed by atoms with van der Waals surface area (Å²) in [7, 11) is 1.59. The largest absolute Gasteiger partial charge is 0.495 e. The Morgan fingerprint density at radius 1 is 1.30 bits per heavy atom. The maximum Gasteiger partial charge on any atom is 0.227 e. The third-order valence-corrected chi connectivity index (χ3v) is 4.94. The van der Waals surface area contributed by atoms with Gasteiger partial charge in [0.1, 0.15) is 5.75 Å². The summed E-state index contributed by atoms with van der Waals surface area (Å²) >= 11 is 6.17. The van der Waals surface area contributed by atoms with Crippen molar-refractivity contribution < 1.29 is 19.0 Å². The fourth-order valence-electron chi connectivity index (χ4n) is 3.20. The van der Waals surface area contributed by atoms with Crippen molar-refractivity contribution in [2.45, 2.75) is 32.0 Å². The van der Waals surface area contributed by atoms with Crippen LogP contribution < -0.4 is 4.74 Å². The van der Waals surface area contributed by atoms with Crippen molar-refractivity contribution in [1.82, 2.24) is 4.90 Å². The van der Waals surface area contributed by atoms with Gasteiger partial charge in [-0.3, -0.25) is 4.79 Å². The van der Waals surface area contributed by atoms with Crippen LogP contribution in [0.1, 0.15) is 24.0 Å². The van der Waals surface area contributed by atoms with Crippen LogP contribution in [0.5, 0.6) is 5.75 Å². The lowest BCUT2D eigenvalue weighted by Gasteiger charge is -2.37. The number of benzene rings is 1. The summed E-state index contributed by atoms with van der Waals surface area (Å²) in [6.07, 6.45) is 1.83. The minimum atomic E-state index is -0.448. The number of piperidine rings is 1. The van der Waals surface area contributed by atoms with Gasteiger partial charge in [-0.1, -0.05) is 11.6 Å². The Balaban J connectivity index is 1.63. The molecule has 2 aliphatic heterocycles. The van der Waals surface area contributed by atoms with Crippen LogP contribution in [0.4, 0.5) is 0 Å². The van der Waals surface area contributed by atoms with Crippen LogP contribution in [0.15, 0.2) is 12.1 Å². The summed E-state index contributed by atoms with van der Waals surface area (Å²) in [6, 6.07) is 3.69. The van der Waals surface area contributed by atoms with E-state index in [0.717, 1.165) is 24.0 Å². The number of rotatable bonds is 3. The number of methoxy groups -OCH3 is 1. The van der Waals surface area contributed by atoms with E-state index in [9.17, 15) is 4.79 Å². The Bertz CT molecular complexity index is 589. The highest BCUT2D eigenvalue weighted by molar-refractivity contribution is 6.32. The molecule has 1 amide bonds. The van der Waals surface area contributed by atoms with Gasteiger partial charge in [0.15, 0.2) is 5.79 Å². The van der Waals surface area contributed by atoms with Crippen LogP contribution >= 0.6 is 11.6 Å². The van der Waals surface area contributed by atoms with Crippen LogP contribution in [-0.4, -0.2) is 50.0 Å². The SMILES string of the molecule is COc1cc(C)c(CC(=O)N2CCC3(CC2)OCCO3)cc1Cl. The highest BCUT2D eigenvalue weighted by Crippen LogP contribution is 2.32. The molecule has 0 atom stereocenters. The van der Waals surface area contributed by atoms with Crippen LogP contribution in [0, 0.1) is 6.92 Å². The normalized spacial score (nSPS) is 20.0. The summed E-state index contributed by atoms with van der Waals surface area (Å²) in [5.41, 5.74) is 1.95.